The molecule has 0 bridgehead atoms. The molecule has 2 aromatic carbocycles. The molecule has 0 spiro atoms. The number of amides is 4. The molecule has 2 N–H and O–H groups in total. The van der Waals surface area contributed by atoms with Gasteiger partial charge in [-0.1, -0.05) is 35.9 Å². The summed E-state index contributed by atoms with van der Waals surface area (Å²) in [4.78, 5) is 53.0. The molecule has 4 amide bonds. The Hall–Kier alpha value is -3.27. The molecule has 10 heteroatoms. The predicted molar refractivity (Wildman–Crippen MR) is 136 cm³/mol. The van der Waals surface area contributed by atoms with Crippen LogP contribution in [0, 0.1) is 0 Å². The number of hydrogen-bond donors (Lipinski definition) is 2. The number of rotatable bonds is 7. The Morgan fingerprint density at radius 3 is 2.65 bits per heavy atom. The van der Waals surface area contributed by atoms with E-state index in [-0.39, 0.29) is 30.6 Å². The van der Waals surface area contributed by atoms with Gasteiger partial charge in [0, 0.05) is 49.7 Å². The fourth-order valence-corrected chi connectivity index (χ4v) is 5.22. The van der Waals surface area contributed by atoms with E-state index in [1.54, 1.807) is 6.07 Å². The number of piperidine rings is 1. The molecule has 0 radical (unpaired) electrons. The zero-order valence-electron chi connectivity index (χ0n) is 20.4. The Kier molecular flexibility index (Phi) is 7.55. The molecule has 2 aromatic rings. The van der Waals surface area contributed by atoms with Crippen LogP contribution in [0.5, 0.6) is 0 Å². The summed E-state index contributed by atoms with van der Waals surface area (Å²) in [6.07, 6.45) is 0.780. The van der Waals surface area contributed by atoms with E-state index in [4.69, 9.17) is 16.3 Å². The van der Waals surface area contributed by atoms with Crippen LogP contribution in [0.25, 0.3) is 0 Å². The number of halogens is 1. The molecule has 1 unspecified atom stereocenters. The van der Waals surface area contributed by atoms with E-state index in [1.165, 1.54) is 4.90 Å². The van der Waals surface area contributed by atoms with E-state index in [0.29, 0.717) is 43.3 Å². The van der Waals surface area contributed by atoms with Gasteiger partial charge in [-0.25, -0.2) is 0 Å². The average Bonchev–Trinajstić information content (AvgIpc) is 3.21. The van der Waals surface area contributed by atoms with E-state index in [2.05, 4.69) is 15.5 Å². The number of ether oxygens (including phenoxy) is 1. The zero-order chi connectivity index (χ0) is 25.9. The second-order valence-electron chi connectivity index (χ2n) is 9.66. The average molecular weight is 525 g/mol. The van der Waals surface area contributed by atoms with Gasteiger partial charge in [0.25, 0.3) is 5.91 Å². The highest BCUT2D eigenvalue weighted by Crippen LogP contribution is 2.28. The third kappa shape index (κ3) is 5.84. The molecule has 0 aliphatic carbocycles. The number of carbonyl (C=O) groups is 4. The smallest absolute Gasteiger partial charge is 0.255 e. The molecule has 194 valence electrons. The maximum absolute atomic E-state index is 12.9. The lowest BCUT2D eigenvalue weighted by atomic mass is 10.0. The molecule has 9 nitrogen and oxygen atoms in total. The van der Waals surface area contributed by atoms with Crippen molar-refractivity contribution in [3.8, 4) is 0 Å². The summed E-state index contributed by atoms with van der Waals surface area (Å²) in [5.74, 6) is -1.06. The molecule has 5 rings (SSSR count). The first-order valence-corrected chi connectivity index (χ1v) is 12.9. The highest BCUT2D eigenvalue weighted by Gasteiger charge is 2.39. The van der Waals surface area contributed by atoms with Crippen molar-refractivity contribution >= 4 is 35.2 Å². The lowest BCUT2D eigenvalue weighted by Gasteiger charge is -2.29. The Morgan fingerprint density at radius 2 is 1.86 bits per heavy atom. The van der Waals surface area contributed by atoms with Crippen molar-refractivity contribution in [3.63, 3.8) is 0 Å². The summed E-state index contributed by atoms with van der Waals surface area (Å²) >= 11 is 6.40. The van der Waals surface area contributed by atoms with Crippen LogP contribution in [0.2, 0.25) is 5.02 Å². The van der Waals surface area contributed by atoms with Crippen LogP contribution in [-0.4, -0.2) is 65.8 Å². The molecule has 2 fully saturated rings. The monoisotopic (exact) mass is 524 g/mol. The van der Waals surface area contributed by atoms with Crippen molar-refractivity contribution in [2.45, 2.75) is 44.9 Å². The van der Waals surface area contributed by atoms with Gasteiger partial charge in [-0.05, 0) is 40.8 Å². The summed E-state index contributed by atoms with van der Waals surface area (Å²) < 4.78 is 5.40. The van der Waals surface area contributed by atoms with Gasteiger partial charge < -0.3 is 15.0 Å². The lowest BCUT2D eigenvalue weighted by Crippen LogP contribution is -2.52. The van der Waals surface area contributed by atoms with Gasteiger partial charge in [-0.3, -0.25) is 29.4 Å². The van der Waals surface area contributed by atoms with Crippen molar-refractivity contribution in [3.05, 3.63) is 69.2 Å². The Labute approximate surface area is 220 Å². The van der Waals surface area contributed by atoms with Crippen LogP contribution >= 0.6 is 11.6 Å². The van der Waals surface area contributed by atoms with E-state index in [1.807, 2.05) is 30.3 Å². The maximum atomic E-state index is 12.9. The topological polar surface area (TPSA) is 108 Å². The highest BCUT2D eigenvalue weighted by atomic mass is 35.5. The minimum absolute atomic E-state index is 0.110. The van der Waals surface area contributed by atoms with Gasteiger partial charge in [0.1, 0.15) is 6.04 Å². The summed E-state index contributed by atoms with van der Waals surface area (Å²) in [7, 11) is 0. The highest BCUT2D eigenvalue weighted by molar-refractivity contribution is 6.31. The van der Waals surface area contributed by atoms with Gasteiger partial charge in [0.05, 0.1) is 19.6 Å². The van der Waals surface area contributed by atoms with E-state index >= 15 is 0 Å². The summed E-state index contributed by atoms with van der Waals surface area (Å²) in [5, 5.41) is 5.95. The number of carbonyl (C=O) groups excluding carboxylic acids is 4. The number of fused-ring (bicyclic) bond motifs is 1. The molecular weight excluding hydrogens is 496 g/mol. The second-order valence-corrected chi connectivity index (χ2v) is 10.1. The second kappa shape index (κ2) is 11.0. The molecule has 2 saturated heterocycles. The van der Waals surface area contributed by atoms with Crippen LogP contribution < -0.4 is 10.6 Å². The largest absolute Gasteiger partial charge is 0.379 e. The molecule has 37 heavy (non-hydrogen) atoms. The van der Waals surface area contributed by atoms with Crippen LogP contribution in [0.3, 0.4) is 0 Å². The number of hydrogen-bond acceptors (Lipinski definition) is 6. The summed E-state index contributed by atoms with van der Waals surface area (Å²) in [5.41, 5.74) is 4.12. The van der Waals surface area contributed by atoms with Crippen LogP contribution in [0.4, 0.5) is 0 Å². The molecule has 3 aliphatic rings. The first kappa shape index (κ1) is 25.4. The van der Waals surface area contributed by atoms with E-state index in [0.717, 1.165) is 41.9 Å². The van der Waals surface area contributed by atoms with Crippen molar-refractivity contribution < 1.29 is 23.9 Å². The number of imide groups is 1. The number of nitrogens with one attached hydrogen (secondary N) is 2. The first-order valence-electron chi connectivity index (χ1n) is 12.5. The Balaban J connectivity index is 1.17. The van der Waals surface area contributed by atoms with Gasteiger partial charge in [0.15, 0.2) is 0 Å². The van der Waals surface area contributed by atoms with Crippen LogP contribution in [0.1, 0.15) is 45.5 Å². The fraction of sp³-hybridized carbons (Fsp3) is 0.407. The first-order chi connectivity index (χ1) is 17.9. The molecule has 3 heterocycles. The van der Waals surface area contributed by atoms with Crippen LogP contribution in [0.15, 0.2) is 36.4 Å². The molecule has 1 atom stereocenters. The Morgan fingerprint density at radius 1 is 1.08 bits per heavy atom. The normalized spacial score (nSPS) is 20.1. The SMILES string of the molecule is O=C(Cc1ccc(Cl)c(CN2CCOCC2)c1)NCc1ccc2c(c1)CN(C1CCC(=O)NC1=O)C2=O. The van der Waals surface area contributed by atoms with Crippen molar-refractivity contribution in [2.24, 2.45) is 0 Å². The minimum atomic E-state index is -0.645. The van der Waals surface area contributed by atoms with Gasteiger partial charge >= 0.3 is 0 Å². The fourth-order valence-electron chi connectivity index (χ4n) is 5.05. The van der Waals surface area contributed by atoms with Gasteiger partial charge in [0.2, 0.25) is 17.7 Å². The van der Waals surface area contributed by atoms with E-state index in [9.17, 15) is 19.2 Å². The number of morpholine rings is 1. The zero-order valence-corrected chi connectivity index (χ0v) is 21.2. The quantitative estimate of drug-likeness (QED) is 0.535. The van der Waals surface area contributed by atoms with Gasteiger partial charge in [-0.2, -0.15) is 0 Å². The third-order valence-corrected chi connectivity index (χ3v) is 7.42. The van der Waals surface area contributed by atoms with Crippen molar-refractivity contribution in [1.82, 2.24) is 20.4 Å². The van der Waals surface area contributed by atoms with Crippen LogP contribution in [-0.2, 0) is 45.2 Å². The summed E-state index contributed by atoms with van der Waals surface area (Å²) in [6.45, 7) is 4.50. The maximum Gasteiger partial charge on any atom is 0.255 e. The molecular formula is C27H29ClN4O5. The molecule has 0 aromatic heterocycles. The van der Waals surface area contributed by atoms with Crippen molar-refractivity contribution in [1.29, 1.82) is 0 Å². The molecule has 0 saturated carbocycles. The predicted octanol–water partition coefficient (Wildman–Crippen LogP) is 1.79. The standard InChI is InChI=1S/C27H29ClN4O5/c28-22-4-2-17(11-20(22)15-31-7-9-37-10-8-31)13-25(34)29-14-18-1-3-21-19(12-18)16-32(27(21)36)23-5-6-24(33)30-26(23)35/h1-4,11-12,23H,5-10,13-16H2,(H,29,34)(H,30,33,35). The third-order valence-electron chi connectivity index (χ3n) is 7.05. The van der Waals surface area contributed by atoms with Gasteiger partial charge in [-0.15, -0.1) is 0 Å². The Bertz CT molecular complexity index is 1240. The lowest BCUT2D eigenvalue weighted by molar-refractivity contribution is -0.137. The molecule has 3 aliphatic heterocycles. The number of benzene rings is 2. The van der Waals surface area contributed by atoms with Crippen molar-refractivity contribution in [2.75, 3.05) is 26.3 Å². The van der Waals surface area contributed by atoms with E-state index < -0.39 is 11.9 Å². The minimum Gasteiger partial charge on any atom is -0.379 e. The summed E-state index contributed by atoms with van der Waals surface area (Å²) in [6, 6.07) is 10.5. The number of nitrogens with zero attached hydrogens (tertiary/aromatic N) is 2.